The van der Waals surface area contributed by atoms with Crippen LogP contribution in [0.5, 0.6) is 0 Å². The number of benzene rings is 1. The average molecular weight is 344 g/mol. The number of aliphatic hydroxyl groups excluding tert-OH is 1. The SMILES string of the molecule is Cc1ccc(-c2noc(C(C)N3CCN(C(=O)C(C)O)CC3)n2)cc1. The van der Waals surface area contributed by atoms with Crippen LogP contribution in [0.1, 0.15) is 31.3 Å². The Balaban J connectivity index is 1.63. The summed E-state index contributed by atoms with van der Waals surface area (Å²) in [5.41, 5.74) is 2.12. The maximum Gasteiger partial charge on any atom is 0.251 e. The molecule has 1 aromatic carbocycles. The minimum atomic E-state index is -0.947. The summed E-state index contributed by atoms with van der Waals surface area (Å²) in [7, 11) is 0. The zero-order chi connectivity index (χ0) is 18.0. The Morgan fingerprint density at radius 3 is 2.40 bits per heavy atom. The number of amides is 1. The van der Waals surface area contributed by atoms with Gasteiger partial charge in [-0.25, -0.2) is 0 Å². The van der Waals surface area contributed by atoms with Gasteiger partial charge >= 0.3 is 0 Å². The van der Waals surface area contributed by atoms with Crippen LogP contribution in [0.2, 0.25) is 0 Å². The van der Waals surface area contributed by atoms with Crippen molar-refractivity contribution in [1.82, 2.24) is 19.9 Å². The predicted octanol–water partition coefficient (Wildman–Crippen LogP) is 1.63. The van der Waals surface area contributed by atoms with Gasteiger partial charge in [-0.3, -0.25) is 9.69 Å². The zero-order valence-electron chi connectivity index (χ0n) is 14.8. The van der Waals surface area contributed by atoms with Crippen LogP contribution < -0.4 is 0 Å². The van der Waals surface area contributed by atoms with Gasteiger partial charge in [-0.1, -0.05) is 35.0 Å². The van der Waals surface area contributed by atoms with Gasteiger partial charge < -0.3 is 14.5 Å². The van der Waals surface area contributed by atoms with Crippen LogP contribution in [0.25, 0.3) is 11.4 Å². The smallest absolute Gasteiger partial charge is 0.251 e. The van der Waals surface area contributed by atoms with Crippen LogP contribution in [-0.4, -0.2) is 63.2 Å². The summed E-state index contributed by atoms with van der Waals surface area (Å²) in [5, 5.41) is 13.5. The van der Waals surface area contributed by atoms with Gasteiger partial charge in [0.15, 0.2) is 0 Å². The molecule has 1 fully saturated rings. The number of hydrogen-bond donors (Lipinski definition) is 1. The third-order valence-electron chi connectivity index (χ3n) is 4.64. The molecule has 1 aliphatic heterocycles. The first-order valence-corrected chi connectivity index (χ1v) is 8.57. The third-order valence-corrected chi connectivity index (χ3v) is 4.64. The van der Waals surface area contributed by atoms with E-state index in [1.165, 1.54) is 12.5 Å². The van der Waals surface area contributed by atoms with E-state index >= 15 is 0 Å². The van der Waals surface area contributed by atoms with Crippen LogP contribution in [-0.2, 0) is 4.79 Å². The summed E-state index contributed by atoms with van der Waals surface area (Å²) < 4.78 is 5.45. The number of hydrogen-bond acceptors (Lipinski definition) is 6. The summed E-state index contributed by atoms with van der Waals surface area (Å²) in [4.78, 5) is 20.3. The van der Waals surface area contributed by atoms with Gasteiger partial charge in [0.2, 0.25) is 11.7 Å². The summed E-state index contributed by atoms with van der Waals surface area (Å²) >= 11 is 0. The molecule has 0 aliphatic carbocycles. The van der Waals surface area contributed by atoms with Crippen molar-refractivity contribution in [1.29, 1.82) is 0 Å². The van der Waals surface area contributed by atoms with E-state index in [2.05, 4.69) is 15.0 Å². The second kappa shape index (κ2) is 7.33. The summed E-state index contributed by atoms with van der Waals surface area (Å²) in [6.07, 6.45) is -0.947. The van der Waals surface area contributed by atoms with Crippen molar-refractivity contribution >= 4 is 5.91 Å². The minimum absolute atomic E-state index is 0.0181. The van der Waals surface area contributed by atoms with Gasteiger partial charge in [-0.2, -0.15) is 4.98 Å². The Morgan fingerprint density at radius 1 is 1.16 bits per heavy atom. The molecule has 7 nitrogen and oxygen atoms in total. The Bertz CT molecular complexity index is 718. The molecular weight excluding hydrogens is 320 g/mol. The number of aliphatic hydroxyl groups is 1. The van der Waals surface area contributed by atoms with Gasteiger partial charge in [-0.05, 0) is 20.8 Å². The molecule has 1 aliphatic rings. The standard InChI is InChI=1S/C18H24N4O3/c1-12-4-6-15(7-5-12)16-19-17(25-20-16)13(2)21-8-10-22(11-9-21)18(24)14(3)23/h4-7,13-14,23H,8-11H2,1-3H3. The van der Waals surface area contributed by atoms with Crippen LogP contribution in [0, 0.1) is 6.92 Å². The number of carbonyl (C=O) groups excluding carboxylic acids is 1. The topological polar surface area (TPSA) is 82.7 Å². The van der Waals surface area contributed by atoms with E-state index in [0.29, 0.717) is 37.9 Å². The molecule has 3 rings (SSSR count). The predicted molar refractivity (Wildman–Crippen MR) is 92.7 cm³/mol. The van der Waals surface area contributed by atoms with Crippen LogP contribution in [0.15, 0.2) is 28.8 Å². The normalized spacial score (nSPS) is 18.2. The molecule has 7 heteroatoms. The maximum absolute atomic E-state index is 11.8. The molecule has 0 bridgehead atoms. The van der Waals surface area contributed by atoms with E-state index in [4.69, 9.17) is 4.52 Å². The Morgan fingerprint density at radius 2 is 1.80 bits per heavy atom. The van der Waals surface area contributed by atoms with Gasteiger partial charge in [0.05, 0.1) is 6.04 Å². The molecular formula is C18H24N4O3. The Hall–Kier alpha value is -2.25. The van der Waals surface area contributed by atoms with Gasteiger partial charge in [0.25, 0.3) is 5.91 Å². The summed E-state index contributed by atoms with van der Waals surface area (Å²) in [6.45, 7) is 8.17. The Labute approximate surface area is 147 Å². The maximum atomic E-state index is 11.8. The lowest BCUT2D eigenvalue weighted by Gasteiger charge is -2.37. The number of carbonyl (C=O) groups is 1. The molecule has 1 N–H and O–H groups in total. The van der Waals surface area contributed by atoms with E-state index in [1.54, 1.807) is 4.90 Å². The summed E-state index contributed by atoms with van der Waals surface area (Å²) in [5.74, 6) is 0.947. The van der Waals surface area contributed by atoms with Crippen molar-refractivity contribution < 1.29 is 14.4 Å². The molecule has 0 spiro atoms. The number of piperazine rings is 1. The quantitative estimate of drug-likeness (QED) is 0.908. The van der Waals surface area contributed by atoms with Gasteiger partial charge in [0, 0.05) is 31.7 Å². The van der Waals surface area contributed by atoms with E-state index in [0.717, 1.165) is 5.56 Å². The molecule has 1 amide bonds. The molecule has 1 saturated heterocycles. The first-order valence-electron chi connectivity index (χ1n) is 8.57. The van der Waals surface area contributed by atoms with Gasteiger partial charge in [0.1, 0.15) is 6.10 Å². The number of aromatic nitrogens is 2. The molecule has 1 aromatic heterocycles. The lowest BCUT2D eigenvalue weighted by molar-refractivity contribution is -0.141. The van der Waals surface area contributed by atoms with Crippen LogP contribution in [0.3, 0.4) is 0 Å². The highest BCUT2D eigenvalue weighted by molar-refractivity contribution is 5.80. The monoisotopic (exact) mass is 344 g/mol. The number of nitrogens with zero attached hydrogens (tertiary/aromatic N) is 4. The van der Waals surface area contributed by atoms with Crippen molar-refractivity contribution in [2.24, 2.45) is 0 Å². The van der Waals surface area contributed by atoms with Crippen molar-refractivity contribution in [3.8, 4) is 11.4 Å². The third kappa shape index (κ3) is 3.88. The second-order valence-corrected chi connectivity index (χ2v) is 6.54. The second-order valence-electron chi connectivity index (χ2n) is 6.54. The largest absolute Gasteiger partial charge is 0.384 e. The first kappa shape index (κ1) is 17.6. The van der Waals surface area contributed by atoms with E-state index in [-0.39, 0.29) is 11.9 Å². The first-order chi connectivity index (χ1) is 12.0. The molecule has 2 aromatic rings. The van der Waals surface area contributed by atoms with E-state index in [9.17, 15) is 9.90 Å². The minimum Gasteiger partial charge on any atom is -0.384 e. The molecule has 0 saturated carbocycles. The molecule has 0 radical (unpaired) electrons. The van der Waals surface area contributed by atoms with Crippen LogP contribution in [0.4, 0.5) is 0 Å². The highest BCUT2D eigenvalue weighted by Crippen LogP contribution is 2.23. The molecule has 2 heterocycles. The lowest BCUT2D eigenvalue weighted by Crippen LogP contribution is -2.51. The highest BCUT2D eigenvalue weighted by Gasteiger charge is 2.28. The fourth-order valence-corrected chi connectivity index (χ4v) is 2.97. The number of rotatable bonds is 4. The van der Waals surface area contributed by atoms with Gasteiger partial charge in [-0.15, -0.1) is 0 Å². The number of aryl methyl sites for hydroxylation is 1. The molecule has 2 atom stereocenters. The highest BCUT2D eigenvalue weighted by atomic mass is 16.5. The van der Waals surface area contributed by atoms with E-state index < -0.39 is 6.10 Å². The van der Waals surface area contributed by atoms with Crippen molar-refractivity contribution in [2.45, 2.75) is 32.9 Å². The van der Waals surface area contributed by atoms with Crippen molar-refractivity contribution in [2.75, 3.05) is 26.2 Å². The molecule has 25 heavy (non-hydrogen) atoms. The fraction of sp³-hybridized carbons (Fsp3) is 0.500. The van der Waals surface area contributed by atoms with Crippen molar-refractivity contribution in [3.63, 3.8) is 0 Å². The molecule has 134 valence electrons. The van der Waals surface area contributed by atoms with Crippen molar-refractivity contribution in [3.05, 3.63) is 35.7 Å². The summed E-state index contributed by atoms with van der Waals surface area (Å²) in [6, 6.07) is 7.99. The molecule has 2 unspecified atom stereocenters. The zero-order valence-corrected chi connectivity index (χ0v) is 14.8. The van der Waals surface area contributed by atoms with E-state index in [1.807, 2.05) is 38.1 Å². The Kier molecular flexibility index (Phi) is 5.15. The van der Waals surface area contributed by atoms with Crippen LogP contribution >= 0.6 is 0 Å². The average Bonchev–Trinajstić information content (AvgIpc) is 3.11. The fourth-order valence-electron chi connectivity index (χ4n) is 2.97. The lowest BCUT2D eigenvalue weighted by atomic mass is 10.1.